The molecule has 0 radical (unpaired) electrons. The number of nitrogens with two attached hydrogens (primary N) is 1. The highest BCUT2D eigenvalue weighted by molar-refractivity contribution is 5.57. The third-order valence-corrected chi connectivity index (χ3v) is 3.28. The lowest BCUT2D eigenvalue weighted by Gasteiger charge is -2.24. The number of hydrogen-bond donors (Lipinski definition) is 3. The fourth-order valence-corrected chi connectivity index (χ4v) is 1.94. The van der Waals surface area contributed by atoms with Gasteiger partial charge in [0.2, 0.25) is 0 Å². The van der Waals surface area contributed by atoms with Crippen molar-refractivity contribution >= 4 is 11.6 Å². The topological polar surface area (TPSA) is 85.1 Å². The van der Waals surface area contributed by atoms with Crippen molar-refractivity contribution in [2.24, 2.45) is 11.8 Å². The maximum atomic E-state index is 5.54. The van der Waals surface area contributed by atoms with Crippen LogP contribution in [0.15, 0.2) is 0 Å². The zero-order valence-corrected chi connectivity index (χ0v) is 13.2. The molecule has 6 nitrogen and oxygen atoms in total. The summed E-state index contributed by atoms with van der Waals surface area (Å²) in [5, 5.41) is 3.45. The van der Waals surface area contributed by atoms with Gasteiger partial charge in [0.15, 0.2) is 0 Å². The Balaban J connectivity index is 3.04. The van der Waals surface area contributed by atoms with Crippen molar-refractivity contribution in [3.05, 3.63) is 11.4 Å². The van der Waals surface area contributed by atoms with Crippen molar-refractivity contribution in [2.45, 2.75) is 46.6 Å². The van der Waals surface area contributed by atoms with E-state index < -0.39 is 0 Å². The van der Waals surface area contributed by atoms with Crippen LogP contribution in [0.3, 0.4) is 0 Å². The minimum atomic E-state index is 0.203. The number of aryl methyl sites for hydroxylation is 1. The third-order valence-electron chi connectivity index (χ3n) is 3.28. The predicted octanol–water partition coefficient (Wildman–Crippen LogP) is 2.11. The monoisotopic (exact) mass is 281 g/mol. The summed E-state index contributed by atoms with van der Waals surface area (Å²) in [4.78, 5) is 9.02. The van der Waals surface area contributed by atoms with Gasteiger partial charge in [-0.25, -0.2) is 15.8 Å². The molecule has 1 atom stereocenters. The zero-order valence-electron chi connectivity index (χ0n) is 13.2. The number of aromatic nitrogens is 2. The van der Waals surface area contributed by atoms with Crippen LogP contribution in [0.1, 0.15) is 38.6 Å². The molecule has 0 spiro atoms. The molecule has 1 rings (SSSR count). The highest BCUT2D eigenvalue weighted by Gasteiger charge is 2.17. The first-order valence-electron chi connectivity index (χ1n) is 7.13. The maximum Gasteiger partial charge on any atom is 0.148 e. The highest BCUT2D eigenvalue weighted by Crippen LogP contribution is 2.22. The van der Waals surface area contributed by atoms with Crippen LogP contribution in [0.25, 0.3) is 0 Å². The summed E-state index contributed by atoms with van der Waals surface area (Å²) >= 11 is 0. The molecule has 0 bridgehead atoms. The van der Waals surface area contributed by atoms with E-state index >= 15 is 0 Å². The Morgan fingerprint density at radius 3 is 2.40 bits per heavy atom. The van der Waals surface area contributed by atoms with Crippen molar-refractivity contribution in [1.82, 2.24) is 9.97 Å². The van der Waals surface area contributed by atoms with Gasteiger partial charge in [0.25, 0.3) is 0 Å². The van der Waals surface area contributed by atoms with E-state index in [-0.39, 0.29) is 6.04 Å². The van der Waals surface area contributed by atoms with Crippen LogP contribution in [0, 0.1) is 12.8 Å². The lowest BCUT2D eigenvalue weighted by atomic mass is 10.1. The van der Waals surface area contributed by atoms with E-state index in [2.05, 4.69) is 41.5 Å². The van der Waals surface area contributed by atoms with Crippen LogP contribution >= 0.6 is 0 Å². The van der Waals surface area contributed by atoms with E-state index in [1.54, 1.807) is 7.11 Å². The van der Waals surface area contributed by atoms with Gasteiger partial charge in [-0.05, 0) is 19.3 Å². The summed E-state index contributed by atoms with van der Waals surface area (Å²) in [6.45, 7) is 9.01. The summed E-state index contributed by atoms with van der Waals surface area (Å²) in [5.74, 6) is 8.28. The molecule has 0 aliphatic heterocycles. The number of nitrogens with one attached hydrogen (secondary N) is 2. The summed E-state index contributed by atoms with van der Waals surface area (Å²) in [5.41, 5.74) is 3.57. The molecule has 6 heteroatoms. The molecule has 1 aromatic heterocycles. The number of methoxy groups -OCH3 is 1. The van der Waals surface area contributed by atoms with Crippen LogP contribution in [0.2, 0.25) is 0 Å². The van der Waals surface area contributed by atoms with Gasteiger partial charge >= 0.3 is 0 Å². The Kier molecular flexibility index (Phi) is 6.67. The SMILES string of the molecule is CCCc1nc(NN)c(C)c(NC(COC)C(C)C)n1. The Bertz CT molecular complexity index is 422. The first kappa shape index (κ1) is 16.7. The predicted molar refractivity (Wildman–Crippen MR) is 82.7 cm³/mol. The van der Waals surface area contributed by atoms with Crippen molar-refractivity contribution in [1.29, 1.82) is 0 Å². The maximum absolute atomic E-state index is 5.54. The van der Waals surface area contributed by atoms with E-state index in [0.29, 0.717) is 18.3 Å². The molecule has 1 aromatic rings. The Morgan fingerprint density at radius 2 is 1.90 bits per heavy atom. The average molecular weight is 281 g/mol. The molecule has 0 aliphatic rings. The molecular formula is C14H27N5O. The molecule has 20 heavy (non-hydrogen) atoms. The quantitative estimate of drug-likeness (QED) is 0.500. The van der Waals surface area contributed by atoms with E-state index in [1.165, 1.54) is 0 Å². The molecule has 0 aliphatic carbocycles. The van der Waals surface area contributed by atoms with Gasteiger partial charge in [0.1, 0.15) is 17.5 Å². The lowest BCUT2D eigenvalue weighted by molar-refractivity contribution is 0.171. The van der Waals surface area contributed by atoms with Crippen molar-refractivity contribution in [2.75, 3.05) is 24.5 Å². The highest BCUT2D eigenvalue weighted by atomic mass is 16.5. The number of hydrogen-bond acceptors (Lipinski definition) is 6. The van der Waals surface area contributed by atoms with Gasteiger partial charge in [-0.1, -0.05) is 20.8 Å². The summed E-state index contributed by atoms with van der Waals surface area (Å²) in [6, 6.07) is 0.203. The number of anilines is 2. The molecule has 1 heterocycles. The van der Waals surface area contributed by atoms with Crippen LogP contribution in [0.5, 0.6) is 0 Å². The summed E-state index contributed by atoms with van der Waals surface area (Å²) in [6.07, 6.45) is 1.83. The second-order valence-electron chi connectivity index (χ2n) is 5.31. The van der Waals surface area contributed by atoms with Gasteiger partial charge < -0.3 is 15.5 Å². The standard InChI is InChI=1S/C14H27N5O/c1-6-7-12-17-13(10(4)14(18-12)19-15)16-11(8-20-5)9(2)3/h9,11H,6-8,15H2,1-5H3,(H2,16,17,18,19). The molecule has 4 N–H and O–H groups in total. The minimum absolute atomic E-state index is 0.203. The van der Waals surface area contributed by atoms with Gasteiger partial charge in [0, 0.05) is 19.1 Å². The normalized spacial score (nSPS) is 12.6. The lowest BCUT2D eigenvalue weighted by Crippen LogP contribution is -2.31. The van der Waals surface area contributed by atoms with E-state index in [4.69, 9.17) is 10.6 Å². The Labute approximate surface area is 121 Å². The third kappa shape index (κ3) is 4.31. The van der Waals surface area contributed by atoms with Crippen LogP contribution in [-0.4, -0.2) is 29.7 Å². The Hall–Kier alpha value is -1.40. The van der Waals surface area contributed by atoms with Crippen molar-refractivity contribution in [3.63, 3.8) is 0 Å². The molecule has 1 unspecified atom stereocenters. The largest absolute Gasteiger partial charge is 0.383 e. The van der Waals surface area contributed by atoms with E-state index in [9.17, 15) is 0 Å². The second kappa shape index (κ2) is 8.01. The molecule has 0 saturated carbocycles. The molecule has 0 fully saturated rings. The van der Waals surface area contributed by atoms with Crippen molar-refractivity contribution < 1.29 is 4.74 Å². The number of rotatable bonds is 8. The summed E-state index contributed by atoms with van der Waals surface area (Å²) in [7, 11) is 1.71. The number of hydrazine groups is 1. The minimum Gasteiger partial charge on any atom is -0.383 e. The fourth-order valence-electron chi connectivity index (χ4n) is 1.94. The summed E-state index contributed by atoms with van der Waals surface area (Å²) < 4.78 is 5.27. The van der Waals surface area contributed by atoms with E-state index in [0.717, 1.165) is 30.0 Å². The molecular weight excluding hydrogens is 254 g/mol. The van der Waals surface area contributed by atoms with Gasteiger partial charge in [0.05, 0.1) is 12.6 Å². The molecule has 0 saturated heterocycles. The fraction of sp³-hybridized carbons (Fsp3) is 0.714. The zero-order chi connectivity index (χ0) is 15.1. The first-order valence-corrected chi connectivity index (χ1v) is 7.13. The molecule has 0 aromatic carbocycles. The molecule has 114 valence electrons. The molecule has 0 amide bonds. The van der Waals surface area contributed by atoms with Crippen LogP contribution in [0.4, 0.5) is 11.6 Å². The average Bonchev–Trinajstić information content (AvgIpc) is 2.41. The van der Waals surface area contributed by atoms with Gasteiger partial charge in [-0.3, -0.25) is 0 Å². The Morgan fingerprint density at radius 1 is 1.25 bits per heavy atom. The number of nitrogens with zero attached hydrogens (tertiary/aromatic N) is 2. The van der Waals surface area contributed by atoms with Gasteiger partial charge in [-0.2, -0.15) is 0 Å². The number of nitrogen functional groups attached to an aromatic ring is 1. The van der Waals surface area contributed by atoms with E-state index in [1.807, 2.05) is 6.92 Å². The smallest absolute Gasteiger partial charge is 0.148 e. The first-order chi connectivity index (χ1) is 9.53. The van der Waals surface area contributed by atoms with Crippen molar-refractivity contribution in [3.8, 4) is 0 Å². The number of ether oxygens (including phenoxy) is 1. The van der Waals surface area contributed by atoms with Crippen LogP contribution < -0.4 is 16.6 Å². The van der Waals surface area contributed by atoms with Crippen LogP contribution in [-0.2, 0) is 11.2 Å². The van der Waals surface area contributed by atoms with Gasteiger partial charge in [-0.15, -0.1) is 0 Å². The second-order valence-corrected chi connectivity index (χ2v) is 5.31.